The Hall–Kier alpha value is -3.87. The first-order chi connectivity index (χ1) is 13.5. The highest BCUT2D eigenvalue weighted by atomic mass is 16.4. The summed E-state index contributed by atoms with van der Waals surface area (Å²) >= 11 is 0. The summed E-state index contributed by atoms with van der Waals surface area (Å²) in [6, 6.07) is 13.9. The number of phenolic OH excluding ortho intramolecular Hbond substituents is 1. The van der Waals surface area contributed by atoms with E-state index in [-0.39, 0.29) is 22.5 Å². The molecule has 2 amide bonds. The molecule has 140 valence electrons. The number of Topliss-reactive ketones (excluding diaryl/α,β-unsaturated/α-hetero) is 1. The van der Waals surface area contributed by atoms with Gasteiger partial charge in [-0.1, -0.05) is 42.5 Å². The number of rotatable bonds is 3. The van der Waals surface area contributed by atoms with E-state index >= 15 is 0 Å². The molecule has 0 saturated carbocycles. The van der Waals surface area contributed by atoms with Gasteiger partial charge in [-0.25, -0.2) is 9.59 Å². The van der Waals surface area contributed by atoms with Gasteiger partial charge in [0.1, 0.15) is 5.56 Å². The molecule has 1 aliphatic heterocycles. The largest absolute Gasteiger partial charge is 0.504 e. The van der Waals surface area contributed by atoms with Crippen molar-refractivity contribution in [3.8, 4) is 5.75 Å². The third-order valence-corrected chi connectivity index (χ3v) is 4.63. The monoisotopic (exact) mass is 376 g/mol. The van der Waals surface area contributed by atoms with Crippen molar-refractivity contribution in [2.24, 2.45) is 0 Å². The molecule has 1 unspecified atom stereocenters. The summed E-state index contributed by atoms with van der Waals surface area (Å²) in [7, 11) is 0. The fourth-order valence-corrected chi connectivity index (χ4v) is 3.32. The maximum absolute atomic E-state index is 13.3. The van der Waals surface area contributed by atoms with Gasteiger partial charge in [-0.15, -0.1) is 0 Å². The maximum atomic E-state index is 13.3. The first-order valence-electron chi connectivity index (χ1n) is 8.59. The number of amides is 2. The van der Waals surface area contributed by atoms with Crippen LogP contribution in [0.4, 0.5) is 4.79 Å². The molecular weight excluding hydrogens is 360 g/mol. The molecule has 0 fully saturated rings. The molecule has 4 rings (SSSR count). The second kappa shape index (κ2) is 6.70. The molecule has 3 aromatic rings. The van der Waals surface area contributed by atoms with Gasteiger partial charge in [-0.05, 0) is 24.6 Å². The highest BCUT2D eigenvalue weighted by Crippen LogP contribution is 2.30. The van der Waals surface area contributed by atoms with Gasteiger partial charge in [0.25, 0.3) is 0 Å². The van der Waals surface area contributed by atoms with E-state index in [0.717, 1.165) is 0 Å². The van der Waals surface area contributed by atoms with Crippen LogP contribution in [0, 0.1) is 0 Å². The van der Waals surface area contributed by atoms with Crippen LogP contribution in [-0.4, -0.2) is 16.9 Å². The Morgan fingerprint density at radius 2 is 1.82 bits per heavy atom. The number of ketones is 1. The van der Waals surface area contributed by atoms with Gasteiger partial charge in [-0.2, -0.15) is 0 Å². The third kappa shape index (κ3) is 2.92. The quantitative estimate of drug-likeness (QED) is 0.481. The molecule has 28 heavy (non-hydrogen) atoms. The van der Waals surface area contributed by atoms with Crippen molar-refractivity contribution in [2.75, 3.05) is 0 Å². The number of nitrogens with one attached hydrogen (secondary N) is 2. The number of phenols is 1. The van der Waals surface area contributed by atoms with Gasteiger partial charge in [0.2, 0.25) is 5.78 Å². The average Bonchev–Trinajstić information content (AvgIpc) is 2.68. The fourth-order valence-electron chi connectivity index (χ4n) is 3.32. The highest BCUT2D eigenvalue weighted by Gasteiger charge is 2.33. The SMILES string of the molecule is CC1=C(C(=O)c2cc3cccc(O)c3oc2=O)C(c2ccccc2)NC(=O)N1. The lowest BCUT2D eigenvalue weighted by Gasteiger charge is -2.28. The first-order valence-corrected chi connectivity index (χ1v) is 8.59. The van der Waals surface area contributed by atoms with E-state index in [2.05, 4.69) is 10.6 Å². The van der Waals surface area contributed by atoms with Gasteiger partial charge in [0.15, 0.2) is 11.3 Å². The van der Waals surface area contributed by atoms with Crippen LogP contribution in [0.3, 0.4) is 0 Å². The zero-order valence-electron chi connectivity index (χ0n) is 14.9. The molecule has 1 atom stereocenters. The number of benzene rings is 2. The number of fused-ring (bicyclic) bond motifs is 1. The third-order valence-electron chi connectivity index (χ3n) is 4.63. The summed E-state index contributed by atoms with van der Waals surface area (Å²) in [5.74, 6) is -0.740. The molecule has 3 N–H and O–H groups in total. The molecular formula is C21H16N2O5. The molecule has 0 bridgehead atoms. The van der Waals surface area contributed by atoms with Gasteiger partial charge in [-0.3, -0.25) is 4.79 Å². The van der Waals surface area contributed by atoms with Gasteiger partial charge < -0.3 is 20.2 Å². The summed E-state index contributed by atoms with van der Waals surface area (Å²) in [5, 5.41) is 15.6. The van der Waals surface area contributed by atoms with Crippen molar-refractivity contribution in [3.63, 3.8) is 0 Å². The minimum absolute atomic E-state index is 0.0180. The van der Waals surface area contributed by atoms with Crippen molar-refractivity contribution in [1.82, 2.24) is 10.6 Å². The second-order valence-corrected chi connectivity index (χ2v) is 6.45. The van der Waals surface area contributed by atoms with E-state index in [4.69, 9.17) is 4.42 Å². The normalized spacial score (nSPS) is 16.6. The summed E-state index contributed by atoms with van der Waals surface area (Å²) in [6.45, 7) is 1.61. The van der Waals surface area contributed by atoms with E-state index in [1.54, 1.807) is 43.3 Å². The van der Waals surface area contributed by atoms with Crippen molar-refractivity contribution >= 4 is 22.8 Å². The van der Waals surface area contributed by atoms with Crippen LogP contribution < -0.4 is 16.3 Å². The van der Waals surface area contributed by atoms with Gasteiger partial charge in [0.05, 0.1) is 6.04 Å². The average molecular weight is 376 g/mol. The number of hydrogen-bond donors (Lipinski definition) is 3. The van der Waals surface area contributed by atoms with Crippen LogP contribution in [0.15, 0.2) is 75.1 Å². The Labute approximate surface area is 159 Å². The lowest BCUT2D eigenvalue weighted by Crippen LogP contribution is -2.45. The van der Waals surface area contributed by atoms with Crippen LogP contribution in [0.2, 0.25) is 0 Å². The molecule has 0 radical (unpaired) electrons. The summed E-state index contributed by atoms with van der Waals surface area (Å²) in [5.41, 5.74) is 0.303. The molecule has 0 saturated heterocycles. The Morgan fingerprint density at radius 1 is 1.07 bits per heavy atom. The Balaban J connectivity index is 1.86. The van der Waals surface area contributed by atoms with Crippen molar-refractivity contribution < 1.29 is 19.1 Å². The van der Waals surface area contributed by atoms with E-state index in [0.29, 0.717) is 16.6 Å². The fraction of sp³-hybridized carbons (Fsp3) is 0.0952. The standard InChI is InChI=1S/C21H16N2O5/c1-11-16(17(23-21(27)22-11)12-6-3-2-4-7-12)18(25)14-10-13-8-5-9-15(24)19(13)28-20(14)26/h2-10,17,24H,1H3,(H2,22,23,27). The van der Waals surface area contributed by atoms with Gasteiger partial charge in [0, 0.05) is 16.7 Å². The Morgan fingerprint density at radius 3 is 2.57 bits per heavy atom. The molecule has 1 aliphatic rings. The predicted octanol–water partition coefficient (Wildman–Crippen LogP) is 3.01. The van der Waals surface area contributed by atoms with E-state index in [1.807, 2.05) is 6.07 Å². The topological polar surface area (TPSA) is 109 Å². The van der Waals surface area contributed by atoms with Crippen LogP contribution in [-0.2, 0) is 0 Å². The molecule has 0 spiro atoms. The number of aromatic hydroxyl groups is 1. The minimum atomic E-state index is -0.858. The predicted molar refractivity (Wildman–Crippen MR) is 102 cm³/mol. The Bertz CT molecular complexity index is 1190. The second-order valence-electron chi connectivity index (χ2n) is 6.45. The van der Waals surface area contributed by atoms with E-state index in [1.165, 1.54) is 12.1 Å². The first kappa shape index (κ1) is 17.5. The van der Waals surface area contributed by atoms with E-state index < -0.39 is 23.5 Å². The zero-order chi connectivity index (χ0) is 19.8. The summed E-state index contributed by atoms with van der Waals surface area (Å²) in [4.78, 5) is 37.7. The van der Waals surface area contributed by atoms with Crippen molar-refractivity contribution in [1.29, 1.82) is 0 Å². The number of carbonyl (C=O) groups excluding carboxylic acids is 2. The van der Waals surface area contributed by atoms with Crippen molar-refractivity contribution in [2.45, 2.75) is 13.0 Å². The Kier molecular flexibility index (Phi) is 4.19. The number of para-hydroxylation sites is 1. The molecule has 0 aliphatic carbocycles. The number of urea groups is 1. The van der Waals surface area contributed by atoms with Crippen LogP contribution in [0.1, 0.15) is 28.9 Å². The molecule has 7 nitrogen and oxygen atoms in total. The minimum Gasteiger partial charge on any atom is -0.504 e. The molecule has 1 aromatic heterocycles. The van der Waals surface area contributed by atoms with Crippen LogP contribution in [0.25, 0.3) is 11.0 Å². The lowest BCUT2D eigenvalue weighted by molar-refractivity contribution is 0.102. The number of allylic oxidation sites excluding steroid dienone is 1. The smallest absolute Gasteiger partial charge is 0.347 e. The van der Waals surface area contributed by atoms with Crippen LogP contribution >= 0.6 is 0 Å². The highest BCUT2D eigenvalue weighted by molar-refractivity contribution is 6.12. The van der Waals surface area contributed by atoms with E-state index in [9.17, 15) is 19.5 Å². The molecule has 7 heteroatoms. The number of carbonyl (C=O) groups is 2. The zero-order valence-corrected chi connectivity index (χ0v) is 14.9. The molecule has 2 heterocycles. The van der Waals surface area contributed by atoms with Crippen LogP contribution in [0.5, 0.6) is 5.75 Å². The van der Waals surface area contributed by atoms with Gasteiger partial charge >= 0.3 is 11.7 Å². The lowest BCUT2D eigenvalue weighted by atomic mass is 9.90. The maximum Gasteiger partial charge on any atom is 0.347 e. The van der Waals surface area contributed by atoms with Crippen molar-refractivity contribution in [3.05, 3.63) is 87.4 Å². The molecule has 2 aromatic carbocycles. The summed E-state index contributed by atoms with van der Waals surface area (Å²) in [6.07, 6.45) is 0. The summed E-state index contributed by atoms with van der Waals surface area (Å²) < 4.78 is 5.18. The number of hydrogen-bond acceptors (Lipinski definition) is 5.